The van der Waals surface area contributed by atoms with Gasteiger partial charge in [0.2, 0.25) is 0 Å². The van der Waals surface area contributed by atoms with Gasteiger partial charge in [-0.15, -0.1) is 0 Å². The van der Waals surface area contributed by atoms with Gasteiger partial charge in [-0.2, -0.15) is 0 Å². The van der Waals surface area contributed by atoms with Crippen molar-refractivity contribution in [3.05, 3.63) is 109 Å². The second kappa shape index (κ2) is 27.9. The SMILES string of the molecule is C1CCCCC1.CC.CC.Cc1ccccc1.c1ccccc1.c1ccccc1. The number of aryl methyl sites for hydroxylation is 1. The molecule has 0 heteroatoms. The minimum Gasteiger partial charge on any atom is -0.0683 e. The monoisotopic (exact) mass is 392 g/mol. The average Bonchev–Trinajstić information content (AvgIpc) is 2.87. The maximum Gasteiger partial charge on any atom is -0.0398 e. The van der Waals surface area contributed by atoms with E-state index in [1.54, 1.807) is 0 Å². The van der Waals surface area contributed by atoms with Crippen LogP contribution in [0.25, 0.3) is 0 Å². The number of hydrogen-bond acceptors (Lipinski definition) is 0. The largest absolute Gasteiger partial charge is 0.0683 e. The summed E-state index contributed by atoms with van der Waals surface area (Å²) in [6.07, 6.45) is 9.00. The van der Waals surface area contributed by atoms with Crippen LogP contribution < -0.4 is 0 Å². The molecular weight excluding hydrogens is 348 g/mol. The fourth-order valence-electron chi connectivity index (χ4n) is 2.36. The molecule has 1 aliphatic carbocycles. The Hall–Kier alpha value is -2.34. The molecular formula is C29H44. The van der Waals surface area contributed by atoms with Crippen LogP contribution in [0.1, 0.15) is 71.8 Å². The Bertz CT molecular complexity index is 472. The summed E-state index contributed by atoms with van der Waals surface area (Å²) in [6, 6.07) is 34.3. The van der Waals surface area contributed by atoms with Crippen molar-refractivity contribution < 1.29 is 0 Å². The summed E-state index contributed by atoms with van der Waals surface area (Å²) in [7, 11) is 0. The second-order valence-electron chi connectivity index (χ2n) is 6.09. The fraction of sp³-hybridized carbons (Fsp3) is 0.379. The summed E-state index contributed by atoms with van der Waals surface area (Å²) in [5, 5.41) is 0. The predicted octanol–water partition coefficient (Wildman–Crippen LogP) is 9.76. The van der Waals surface area contributed by atoms with Crippen LogP contribution in [0.5, 0.6) is 0 Å². The summed E-state index contributed by atoms with van der Waals surface area (Å²) in [5.41, 5.74) is 1.32. The van der Waals surface area contributed by atoms with Gasteiger partial charge < -0.3 is 0 Å². The van der Waals surface area contributed by atoms with Crippen LogP contribution in [-0.2, 0) is 0 Å². The van der Waals surface area contributed by atoms with E-state index in [4.69, 9.17) is 0 Å². The van der Waals surface area contributed by atoms with E-state index in [9.17, 15) is 0 Å². The highest BCUT2D eigenvalue weighted by Gasteiger charge is 1.95. The van der Waals surface area contributed by atoms with E-state index in [0.717, 1.165) is 0 Å². The van der Waals surface area contributed by atoms with Crippen molar-refractivity contribution in [2.24, 2.45) is 0 Å². The van der Waals surface area contributed by atoms with Crippen LogP contribution in [0, 0.1) is 6.92 Å². The van der Waals surface area contributed by atoms with Crippen LogP contribution in [0.2, 0.25) is 0 Å². The molecule has 0 spiro atoms. The molecule has 0 aliphatic heterocycles. The highest BCUT2D eigenvalue weighted by Crippen LogP contribution is 2.15. The molecule has 1 aliphatic rings. The number of hydrogen-bond donors (Lipinski definition) is 0. The molecule has 3 aromatic rings. The van der Waals surface area contributed by atoms with Crippen LogP contribution in [0.4, 0.5) is 0 Å². The Morgan fingerprint density at radius 3 is 0.655 bits per heavy atom. The Morgan fingerprint density at radius 1 is 0.345 bits per heavy atom. The van der Waals surface area contributed by atoms with Crippen LogP contribution in [-0.4, -0.2) is 0 Å². The maximum atomic E-state index is 2.08. The van der Waals surface area contributed by atoms with Crippen molar-refractivity contribution in [2.75, 3.05) is 0 Å². The molecule has 0 unspecified atom stereocenters. The van der Waals surface area contributed by atoms with Crippen LogP contribution in [0.15, 0.2) is 103 Å². The van der Waals surface area contributed by atoms with E-state index in [2.05, 4.69) is 19.1 Å². The minimum atomic E-state index is 1.32. The van der Waals surface area contributed by atoms with Crippen molar-refractivity contribution in [1.29, 1.82) is 0 Å². The van der Waals surface area contributed by atoms with Gasteiger partial charge in [0.1, 0.15) is 0 Å². The lowest BCUT2D eigenvalue weighted by Crippen LogP contribution is -1.85. The van der Waals surface area contributed by atoms with E-state index >= 15 is 0 Å². The van der Waals surface area contributed by atoms with Gasteiger partial charge in [0, 0.05) is 0 Å². The van der Waals surface area contributed by atoms with E-state index in [1.807, 2.05) is 119 Å². The van der Waals surface area contributed by atoms with Crippen molar-refractivity contribution in [3.8, 4) is 0 Å². The molecule has 3 aromatic carbocycles. The molecule has 0 radical (unpaired) electrons. The summed E-state index contributed by atoms with van der Waals surface area (Å²) < 4.78 is 0. The summed E-state index contributed by atoms with van der Waals surface area (Å²) in [5.74, 6) is 0. The highest BCUT2D eigenvalue weighted by molar-refractivity contribution is 5.11. The molecule has 0 amide bonds. The molecule has 0 bridgehead atoms. The molecule has 29 heavy (non-hydrogen) atoms. The third-order valence-corrected chi connectivity index (χ3v) is 3.77. The van der Waals surface area contributed by atoms with Gasteiger partial charge in [-0.3, -0.25) is 0 Å². The molecule has 0 saturated heterocycles. The van der Waals surface area contributed by atoms with Gasteiger partial charge in [0.25, 0.3) is 0 Å². The first-order chi connectivity index (χ1) is 14.4. The van der Waals surface area contributed by atoms with Crippen LogP contribution in [0.3, 0.4) is 0 Å². The minimum absolute atomic E-state index is 1.32. The first-order valence-electron chi connectivity index (χ1n) is 11.4. The first-order valence-corrected chi connectivity index (χ1v) is 11.4. The zero-order chi connectivity index (χ0) is 21.8. The number of rotatable bonds is 0. The quantitative estimate of drug-likeness (QED) is 0.357. The molecule has 1 fully saturated rings. The van der Waals surface area contributed by atoms with Gasteiger partial charge in [-0.1, -0.05) is 175 Å². The topological polar surface area (TPSA) is 0 Å². The lowest BCUT2D eigenvalue weighted by molar-refractivity contribution is 0.504. The van der Waals surface area contributed by atoms with Gasteiger partial charge in [0.05, 0.1) is 0 Å². The lowest BCUT2D eigenvalue weighted by atomic mass is 10.0. The summed E-state index contributed by atoms with van der Waals surface area (Å²) in [6.45, 7) is 10.1. The molecule has 0 nitrogen and oxygen atoms in total. The van der Waals surface area contributed by atoms with E-state index < -0.39 is 0 Å². The van der Waals surface area contributed by atoms with Gasteiger partial charge >= 0.3 is 0 Å². The number of benzene rings is 3. The van der Waals surface area contributed by atoms with E-state index in [-0.39, 0.29) is 0 Å². The zero-order valence-corrected chi connectivity index (χ0v) is 19.6. The maximum absolute atomic E-state index is 2.08. The smallest absolute Gasteiger partial charge is 0.0398 e. The van der Waals surface area contributed by atoms with E-state index in [1.165, 1.54) is 44.1 Å². The van der Waals surface area contributed by atoms with Crippen molar-refractivity contribution >= 4 is 0 Å². The van der Waals surface area contributed by atoms with Crippen molar-refractivity contribution in [3.63, 3.8) is 0 Å². The van der Waals surface area contributed by atoms with Crippen LogP contribution >= 0.6 is 0 Å². The molecule has 1 saturated carbocycles. The first kappa shape index (κ1) is 28.9. The zero-order valence-electron chi connectivity index (χ0n) is 19.6. The highest BCUT2D eigenvalue weighted by atomic mass is 14.0. The summed E-state index contributed by atoms with van der Waals surface area (Å²) in [4.78, 5) is 0. The summed E-state index contributed by atoms with van der Waals surface area (Å²) >= 11 is 0. The fourth-order valence-corrected chi connectivity index (χ4v) is 2.36. The standard InChI is InChI=1S/C7H8.C6H12.2C6H6.2C2H6/c1-7-5-3-2-4-6-7;3*1-2-4-6-5-3-1;2*1-2/h2-6H,1H3;1-6H2;2*1-6H;2*1-2H3. The average molecular weight is 393 g/mol. The molecule has 4 rings (SSSR count). The van der Waals surface area contributed by atoms with Gasteiger partial charge in [-0.25, -0.2) is 0 Å². The third-order valence-electron chi connectivity index (χ3n) is 3.77. The second-order valence-corrected chi connectivity index (χ2v) is 6.09. The van der Waals surface area contributed by atoms with Gasteiger partial charge in [0.15, 0.2) is 0 Å². The Labute approximate surface area is 182 Å². The lowest BCUT2D eigenvalue weighted by Gasteiger charge is -2.05. The molecule has 0 aromatic heterocycles. The normalized spacial score (nSPS) is 10.8. The Balaban J connectivity index is 0. The van der Waals surface area contributed by atoms with Crippen molar-refractivity contribution in [2.45, 2.75) is 73.1 Å². The molecule has 160 valence electrons. The molecule has 0 heterocycles. The van der Waals surface area contributed by atoms with Gasteiger partial charge in [-0.05, 0) is 6.92 Å². The van der Waals surface area contributed by atoms with Crippen molar-refractivity contribution in [1.82, 2.24) is 0 Å². The Morgan fingerprint density at radius 2 is 0.517 bits per heavy atom. The molecule has 0 atom stereocenters. The van der Waals surface area contributed by atoms with E-state index in [0.29, 0.717) is 0 Å². The predicted molar refractivity (Wildman–Crippen MR) is 134 cm³/mol. The third kappa shape index (κ3) is 25.7. The Kier molecular flexibility index (Phi) is 27.7. The molecule has 0 N–H and O–H groups in total.